The van der Waals surface area contributed by atoms with Gasteiger partial charge in [-0.1, -0.05) is 48.4 Å². The number of fused-ring (bicyclic) bond motifs is 1. The lowest BCUT2D eigenvalue weighted by atomic mass is 9.91. The average molecular weight is 382 g/mol. The molecule has 0 radical (unpaired) electrons. The zero-order valence-electron chi connectivity index (χ0n) is 16.1. The van der Waals surface area contributed by atoms with Crippen molar-refractivity contribution in [2.24, 2.45) is 13.0 Å². The second-order valence-corrected chi connectivity index (χ2v) is 8.25. The van der Waals surface area contributed by atoms with Gasteiger partial charge >= 0.3 is 0 Å². The minimum absolute atomic E-state index is 0.753. The zero-order chi connectivity index (χ0) is 18.6. The van der Waals surface area contributed by atoms with E-state index in [1.165, 1.54) is 50.8 Å². The summed E-state index contributed by atoms with van der Waals surface area (Å²) < 4.78 is 2.21. The standard InChI is InChI=1S/C23H28ClN3/c1-26-22-11-10-20(24)16-21(22)25-23(26)17-27-14-12-19(13-15-27)9-5-8-18-6-3-2-4-7-18/h2-4,6-7,10-11,16,19H,5,8-9,12-15,17H2,1H3. The van der Waals surface area contributed by atoms with Gasteiger partial charge in [0.25, 0.3) is 0 Å². The van der Waals surface area contributed by atoms with Crippen molar-refractivity contribution in [2.45, 2.75) is 38.6 Å². The van der Waals surface area contributed by atoms with Gasteiger partial charge in [-0.3, -0.25) is 4.90 Å². The lowest BCUT2D eigenvalue weighted by molar-refractivity contribution is 0.166. The predicted molar refractivity (Wildman–Crippen MR) is 113 cm³/mol. The number of rotatable bonds is 6. The number of nitrogens with zero attached hydrogens (tertiary/aromatic N) is 3. The van der Waals surface area contributed by atoms with Crippen LogP contribution < -0.4 is 0 Å². The molecule has 0 amide bonds. The first-order chi connectivity index (χ1) is 13.2. The van der Waals surface area contributed by atoms with Crippen molar-refractivity contribution in [3.8, 4) is 0 Å². The molecule has 1 aromatic heterocycles. The van der Waals surface area contributed by atoms with E-state index in [0.717, 1.165) is 34.3 Å². The summed E-state index contributed by atoms with van der Waals surface area (Å²) in [5, 5.41) is 0.753. The third-order valence-electron chi connectivity index (χ3n) is 5.93. The van der Waals surface area contributed by atoms with E-state index in [4.69, 9.17) is 16.6 Å². The summed E-state index contributed by atoms with van der Waals surface area (Å²) in [6, 6.07) is 16.8. The molecule has 4 rings (SSSR count). The minimum atomic E-state index is 0.753. The quantitative estimate of drug-likeness (QED) is 0.565. The van der Waals surface area contributed by atoms with E-state index in [2.05, 4.69) is 52.9 Å². The molecule has 0 spiro atoms. The first-order valence-electron chi connectivity index (χ1n) is 10.1. The molecule has 0 unspecified atom stereocenters. The van der Waals surface area contributed by atoms with Gasteiger partial charge in [0, 0.05) is 12.1 Å². The Labute approximate surface area is 167 Å². The molecule has 3 nitrogen and oxygen atoms in total. The lowest BCUT2D eigenvalue weighted by Crippen LogP contribution is -2.34. The normalized spacial score (nSPS) is 16.2. The second-order valence-electron chi connectivity index (χ2n) is 7.82. The number of benzene rings is 2. The largest absolute Gasteiger partial charge is 0.330 e. The number of aryl methyl sites for hydroxylation is 2. The van der Waals surface area contributed by atoms with Crippen molar-refractivity contribution in [1.29, 1.82) is 0 Å². The molecule has 2 aromatic carbocycles. The molecule has 2 heterocycles. The maximum absolute atomic E-state index is 6.11. The highest BCUT2D eigenvalue weighted by Gasteiger charge is 2.20. The van der Waals surface area contributed by atoms with Gasteiger partial charge in [0.2, 0.25) is 0 Å². The molecule has 1 saturated heterocycles. The average Bonchev–Trinajstić information content (AvgIpc) is 2.99. The van der Waals surface area contributed by atoms with Crippen LogP contribution >= 0.6 is 11.6 Å². The van der Waals surface area contributed by atoms with E-state index >= 15 is 0 Å². The minimum Gasteiger partial charge on any atom is -0.330 e. The van der Waals surface area contributed by atoms with Crippen molar-refractivity contribution in [1.82, 2.24) is 14.5 Å². The molecule has 0 bridgehead atoms. The van der Waals surface area contributed by atoms with Crippen LogP contribution in [0.5, 0.6) is 0 Å². The molecular weight excluding hydrogens is 354 g/mol. The maximum atomic E-state index is 6.11. The summed E-state index contributed by atoms with van der Waals surface area (Å²) >= 11 is 6.11. The molecule has 27 heavy (non-hydrogen) atoms. The molecule has 0 N–H and O–H groups in total. The van der Waals surface area contributed by atoms with Crippen LogP contribution in [0.4, 0.5) is 0 Å². The van der Waals surface area contributed by atoms with Crippen molar-refractivity contribution >= 4 is 22.6 Å². The fourth-order valence-corrected chi connectivity index (χ4v) is 4.40. The monoisotopic (exact) mass is 381 g/mol. The molecule has 1 aliphatic rings. The Bertz CT molecular complexity index is 879. The van der Waals surface area contributed by atoms with Crippen LogP contribution in [-0.2, 0) is 20.0 Å². The van der Waals surface area contributed by atoms with Crippen LogP contribution in [0.2, 0.25) is 5.02 Å². The van der Waals surface area contributed by atoms with Gasteiger partial charge in [-0.25, -0.2) is 4.98 Å². The predicted octanol–water partition coefficient (Wildman–Crippen LogP) is 5.46. The second kappa shape index (κ2) is 8.45. The Kier molecular flexibility index (Phi) is 5.80. The number of hydrogen-bond donors (Lipinski definition) is 0. The smallest absolute Gasteiger partial charge is 0.123 e. The number of hydrogen-bond acceptors (Lipinski definition) is 2. The summed E-state index contributed by atoms with van der Waals surface area (Å²) in [4.78, 5) is 7.36. The first kappa shape index (κ1) is 18.5. The summed E-state index contributed by atoms with van der Waals surface area (Å²) in [7, 11) is 2.11. The molecule has 142 valence electrons. The number of aromatic nitrogens is 2. The van der Waals surface area contributed by atoms with Gasteiger partial charge in [0.15, 0.2) is 0 Å². The van der Waals surface area contributed by atoms with Crippen LogP contribution in [0, 0.1) is 5.92 Å². The van der Waals surface area contributed by atoms with E-state index < -0.39 is 0 Å². The Morgan fingerprint density at radius 3 is 2.63 bits per heavy atom. The summed E-state index contributed by atoms with van der Waals surface area (Å²) in [6.45, 7) is 3.29. The van der Waals surface area contributed by atoms with Crippen molar-refractivity contribution in [3.05, 3.63) is 64.9 Å². The van der Waals surface area contributed by atoms with Gasteiger partial charge in [-0.2, -0.15) is 0 Å². The molecule has 1 aliphatic heterocycles. The van der Waals surface area contributed by atoms with Crippen LogP contribution in [0.15, 0.2) is 48.5 Å². The third kappa shape index (κ3) is 4.53. The first-order valence-corrected chi connectivity index (χ1v) is 10.4. The van der Waals surface area contributed by atoms with E-state index in [1.54, 1.807) is 0 Å². The maximum Gasteiger partial charge on any atom is 0.123 e. The van der Waals surface area contributed by atoms with E-state index in [0.29, 0.717) is 0 Å². The number of piperidine rings is 1. The molecule has 3 aromatic rings. The Balaban J connectivity index is 1.26. The molecule has 0 aliphatic carbocycles. The van der Waals surface area contributed by atoms with Gasteiger partial charge in [-0.05, 0) is 68.5 Å². The van der Waals surface area contributed by atoms with Crippen LogP contribution in [0.1, 0.15) is 37.1 Å². The fourth-order valence-electron chi connectivity index (χ4n) is 4.24. The summed E-state index contributed by atoms with van der Waals surface area (Å²) in [6.07, 6.45) is 6.49. The highest BCUT2D eigenvalue weighted by molar-refractivity contribution is 6.31. The Hall–Kier alpha value is -1.84. The molecule has 0 saturated carbocycles. The van der Waals surface area contributed by atoms with Gasteiger partial charge in [0.1, 0.15) is 5.82 Å². The number of likely N-dealkylation sites (tertiary alicyclic amines) is 1. The van der Waals surface area contributed by atoms with Crippen molar-refractivity contribution < 1.29 is 0 Å². The molecule has 0 atom stereocenters. The van der Waals surface area contributed by atoms with Gasteiger partial charge in [-0.15, -0.1) is 0 Å². The zero-order valence-corrected chi connectivity index (χ0v) is 16.8. The SMILES string of the molecule is Cn1c(CN2CCC(CCCc3ccccc3)CC2)nc2cc(Cl)ccc21. The summed E-state index contributed by atoms with van der Waals surface area (Å²) in [5.41, 5.74) is 3.62. The van der Waals surface area contributed by atoms with Gasteiger partial charge in [0.05, 0.1) is 17.6 Å². The number of imidazole rings is 1. The summed E-state index contributed by atoms with van der Waals surface area (Å²) in [5.74, 6) is 2.01. The topological polar surface area (TPSA) is 21.1 Å². The van der Waals surface area contributed by atoms with Crippen LogP contribution in [0.25, 0.3) is 11.0 Å². The molecular formula is C23H28ClN3. The van der Waals surface area contributed by atoms with E-state index in [9.17, 15) is 0 Å². The highest BCUT2D eigenvalue weighted by Crippen LogP contribution is 2.25. The highest BCUT2D eigenvalue weighted by atomic mass is 35.5. The van der Waals surface area contributed by atoms with Crippen LogP contribution in [0.3, 0.4) is 0 Å². The number of halogens is 1. The van der Waals surface area contributed by atoms with Crippen molar-refractivity contribution in [3.63, 3.8) is 0 Å². The Morgan fingerprint density at radius 1 is 1.07 bits per heavy atom. The van der Waals surface area contributed by atoms with Gasteiger partial charge < -0.3 is 4.57 Å². The molecule has 1 fully saturated rings. The lowest BCUT2D eigenvalue weighted by Gasteiger charge is -2.31. The van der Waals surface area contributed by atoms with Crippen LogP contribution in [-0.4, -0.2) is 27.5 Å². The third-order valence-corrected chi connectivity index (χ3v) is 6.16. The molecule has 4 heteroatoms. The van der Waals surface area contributed by atoms with E-state index in [-0.39, 0.29) is 0 Å². The fraction of sp³-hybridized carbons (Fsp3) is 0.435. The van der Waals surface area contributed by atoms with Crippen molar-refractivity contribution in [2.75, 3.05) is 13.1 Å². The Morgan fingerprint density at radius 2 is 1.85 bits per heavy atom. The van der Waals surface area contributed by atoms with E-state index in [1.807, 2.05) is 12.1 Å².